The summed E-state index contributed by atoms with van der Waals surface area (Å²) in [6.45, 7) is 7.10. The van der Waals surface area contributed by atoms with Crippen LogP contribution in [0.4, 0.5) is 4.79 Å². The number of carbonyl (C=O) groups excluding carboxylic acids is 2. The molecule has 1 unspecified atom stereocenters. The predicted molar refractivity (Wildman–Crippen MR) is 158 cm³/mol. The Bertz CT molecular complexity index is 1320. The number of hydrogen-bond acceptors (Lipinski definition) is 6. The molecule has 1 saturated carbocycles. The summed E-state index contributed by atoms with van der Waals surface area (Å²) in [5.74, 6) is 3.79. The topological polar surface area (TPSA) is 136 Å². The third-order valence-electron chi connectivity index (χ3n) is 7.18. The fourth-order valence-corrected chi connectivity index (χ4v) is 5.53. The second-order valence-corrected chi connectivity index (χ2v) is 13.7. The minimum atomic E-state index is -2.36. The van der Waals surface area contributed by atoms with E-state index in [0.717, 1.165) is 31.2 Å². The van der Waals surface area contributed by atoms with Crippen molar-refractivity contribution in [1.82, 2.24) is 15.6 Å². The Morgan fingerprint density at radius 1 is 1.07 bits per heavy atom. The quantitative estimate of drug-likeness (QED) is 0.138. The SMILES string of the molecule is C=S(C)(=O)c1ccc(OC(=O)N(Cc2ccc(C(=O)NC(=N)/N=N\NC)cc2)C2CCC(C(C)(C)C)CC2)cc1. The minimum absolute atomic E-state index is 0.0144. The number of nitrogens with zero attached hydrogens (tertiary/aromatic N) is 3. The molecule has 3 N–H and O–H groups in total. The van der Waals surface area contributed by atoms with Crippen LogP contribution >= 0.6 is 0 Å². The lowest BCUT2D eigenvalue weighted by molar-refractivity contribution is 0.0843. The second-order valence-electron chi connectivity index (χ2n) is 11.3. The Kier molecular flexibility index (Phi) is 10.1. The van der Waals surface area contributed by atoms with E-state index in [9.17, 15) is 13.8 Å². The average Bonchev–Trinajstić information content (AvgIpc) is 2.90. The second kappa shape index (κ2) is 13.1. The lowest BCUT2D eigenvalue weighted by Crippen LogP contribution is -2.44. The van der Waals surface area contributed by atoms with Crippen molar-refractivity contribution in [2.24, 2.45) is 21.7 Å². The van der Waals surface area contributed by atoms with Crippen LogP contribution in [0.1, 0.15) is 62.4 Å². The first-order chi connectivity index (χ1) is 18.8. The van der Waals surface area contributed by atoms with Crippen LogP contribution in [0.3, 0.4) is 0 Å². The van der Waals surface area contributed by atoms with E-state index in [1.54, 1.807) is 59.7 Å². The van der Waals surface area contributed by atoms with Crippen LogP contribution in [0.25, 0.3) is 0 Å². The van der Waals surface area contributed by atoms with Crippen LogP contribution in [-0.2, 0) is 16.1 Å². The van der Waals surface area contributed by atoms with Gasteiger partial charge in [0.15, 0.2) is 0 Å². The molecular weight excluding hydrogens is 528 g/mol. The number of nitrogens with one attached hydrogen (secondary N) is 3. The lowest BCUT2D eigenvalue weighted by atomic mass is 9.71. The highest BCUT2D eigenvalue weighted by Gasteiger charge is 2.34. The Morgan fingerprint density at radius 2 is 1.68 bits per heavy atom. The van der Waals surface area contributed by atoms with E-state index < -0.39 is 21.5 Å². The number of rotatable bonds is 7. The van der Waals surface area contributed by atoms with Crippen molar-refractivity contribution < 1.29 is 18.5 Å². The highest BCUT2D eigenvalue weighted by molar-refractivity contribution is 7.99. The Hall–Kier alpha value is -3.73. The van der Waals surface area contributed by atoms with E-state index in [-0.39, 0.29) is 17.4 Å². The van der Waals surface area contributed by atoms with Gasteiger partial charge in [0.05, 0.1) is 0 Å². The minimum Gasteiger partial charge on any atom is -0.410 e. The van der Waals surface area contributed by atoms with Gasteiger partial charge in [-0.15, -0.1) is 0 Å². The average molecular weight is 569 g/mol. The first-order valence-corrected chi connectivity index (χ1v) is 15.4. The van der Waals surface area contributed by atoms with Gasteiger partial charge in [0.25, 0.3) is 5.91 Å². The van der Waals surface area contributed by atoms with Gasteiger partial charge in [0, 0.05) is 36.3 Å². The molecule has 2 aromatic carbocycles. The van der Waals surface area contributed by atoms with E-state index in [4.69, 9.17) is 10.1 Å². The zero-order valence-corrected chi connectivity index (χ0v) is 24.7. The molecule has 2 aromatic rings. The Balaban J connectivity index is 1.76. The fraction of sp³-hybridized carbons (Fsp3) is 0.448. The van der Waals surface area contributed by atoms with Gasteiger partial charge in [-0.3, -0.25) is 25.2 Å². The first kappa shape index (κ1) is 30.8. The van der Waals surface area contributed by atoms with Crippen LogP contribution in [0.15, 0.2) is 63.8 Å². The van der Waals surface area contributed by atoms with Crippen LogP contribution in [-0.4, -0.2) is 52.3 Å². The van der Waals surface area contributed by atoms with Crippen molar-refractivity contribution in [3.8, 4) is 5.75 Å². The van der Waals surface area contributed by atoms with Gasteiger partial charge < -0.3 is 9.64 Å². The van der Waals surface area contributed by atoms with E-state index >= 15 is 0 Å². The van der Waals surface area contributed by atoms with Gasteiger partial charge in [-0.2, -0.15) is 0 Å². The molecule has 40 heavy (non-hydrogen) atoms. The summed E-state index contributed by atoms with van der Waals surface area (Å²) in [5, 5.41) is 17.0. The number of guanidine groups is 1. The van der Waals surface area contributed by atoms with Crippen molar-refractivity contribution in [3.05, 3.63) is 59.7 Å². The van der Waals surface area contributed by atoms with Gasteiger partial charge in [-0.25, -0.2) is 4.79 Å². The highest BCUT2D eigenvalue weighted by Crippen LogP contribution is 2.39. The first-order valence-electron chi connectivity index (χ1n) is 13.2. The normalized spacial score (nSPS) is 18.9. The number of hydrogen-bond donors (Lipinski definition) is 3. The summed E-state index contributed by atoms with van der Waals surface area (Å²) < 4.78 is 18.0. The third kappa shape index (κ3) is 8.64. The van der Waals surface area contributed by atoms with E-state index in [1.807, 2.05) is 0 Å². The lowest BCUT2D eigenvalue weighted by Gasteiger charge is -2.40. The van der Waals surface area contributed by atoms with Crippen LogP contribution in [0.2, 0.25) is 0 Å². The molecule has 10 nitrogen and oxygen atoms in total. The molecule has 1 aliphatic rings. The summed E-state index contributed by atoms with van der Waals surface area (Å²) in [6.07, 6.45) is 4.91. The van der Waals surface area contributed by atoms with Gasteiger partial charge in [0.2, 0.25) is 5.96 Å². The summed E-state index contributed by atoms with van der Waals surface area (Å²) >= 11 is 0. The molecule has 0 heterocycles. The zero-order valence-electron chi connectivity index (χ0n) is 23.9. The number of carbonyl (C=O) groups is 2. The van der Waals surface area contributed by atoms with Crippen molar-refractivity contribution in [1.29, 1.82) is 5.41 Å². The van der Waals surface area contributed by atoms with Gasteiger partial charge in [0.1, 0.15) is 5.75 Å². The molecule has 1 fully saturated rings. The summed E-state index contributed by atoms with van der Waals surface area (Å²) in [6, 6.07) is 13.5. The molecule has 1 atom stereocenters. The summed E-state index contributed by atoms with van der Waals surface area (Å²) in [5.41, 5.74) is 3.82. The zero-order chi connectivity index (χ0) is 29.5. The predicted octanol–water partition coefficient (Wildman–Crippen LogP) is 5.25. The van der Waals surface area contributed by atoms with Gasteiger partial charge >= 0.3 is 6.09 Å². The molecule has 0 saturated heterocycles. The Morgan fingerprint density at radius 3 is 2.20 bits per heavy atom. The third-order valence-corrected chi connectivity index (χ3v) is 8.44. The summed E-state index contributed by atoms with van der Waals surface area (Å²) in [7, 11) is -0.826. The fourth-order valence-electron chi connectivity index (χ4n) is 4.81. The van der Waals surface area contributed by atoms with Crippen molar-refractivity contribution in [2.75, 3.05) is 13.3 Å². The standard InChI is InChI=1S/C29H40N6O4S/c1-29(2,3)22-11-13-23(14-12-22)35(28(37)39-24-15-17-25(18-16-24)40(5,6)38)19-20-7-9-21(10-8-20)26(36)32-27(30)33-34-31-4/h7-10,15-18,22-23H,5,11-14,19H2,1-4,6H3,(H3,30,31,32,33,36). The molecule has 1 aliphatic carbocycles. The molecule has 0 radical (unpaired) electrons. The molecule has 11 heteroatoms. The summed E-state index contributed by atoms with van der Waals surface area (Å²) in [4.78, 5) is 28.3. The Labute approximate surface area is 237 Å². The molecule has 0 aromatic heterocycles. The highest BCUT2D eigenvalue weighted by atomic mass is 32.2. The van der Waals surface area contributed by atoms with Crippen LogP contribution < -0.4 is 15.5 Å². The van der Waals surface area contributed by atoms with E-state index in [2.05, 4.69) is 47.7 Å². The molecule has 0 spiro atoms. The molecule has 3 rings (SSSR count). The van der Waals surface area contributed by atoms with Crippen molar-refractivity contribution in [2.45, 2.75) is 63.9 Å². The maximum Gasteiger partial charge on any atom is 0.415 e. The maximum absolute atomic E-state index is 13.5. The van der Waals surface area contributed by atoms with Crippen LogP contribution in [0.5, 0.6) is 5.75 Å². The van der Waals surface area contributed by atoms with Crippen molar-refractivity contribution in [3.63, 3.8) is 0 Å². The van der Waals surface area contributed by atoms with Gasteiger partial charge in [-0.1, -0.05) is 43.2 Å². The smallest absolute Gasteiger partial charge is 0.410 e. The molecule has 0 bridgehead atoms. The number of ether oxygens (including phenoxy) is 1. The number of benzene rings is 2. The van der Waals surface area contributed by atoms with Gasteiger partial charge in [-0.05, 0) is 94.4 Å². The molecule has 2 amide bonds. The molecular formula is C29H40N6O4S. The van der Waals surface area contributed by atoms with Crippen LogP contribution in [0, 0.1) is 16.7 Å². The number of amides is 2. The van der Waals surface area contributed by atoms with E-state index in [1.165, 1.54) is 7.05 Å². The van der Waals surface area contributed by atoms with Crippen molar-refractivity contribution >= 4 is 33.4 Å². The maximum atomic E-state index is 13.5. The largest absolute Gasteiger partial charge is 0.415 e. The molecule has 0 aliphatic heterocycles. The monoisotopic (exact) mass is 568 g/mol. The van der Waals surface area contributed by atoms with E-state index in [0.29, 0.717) is 28.7 Å². The molecule has 216 valence electrons.